The molecule has 0 bridgehead atoms. The van der Waals surface area contributed by atoms with Gasteiger partial charge in [-0.1, -0.05) is 19.1 Å². The van der Waals surface area contributed by atoms with Gasteiger partial charge in [-0.2, -0.15) is 0 Å². The van der Waals surface area contributed by atoms with Gasteiger partial charge < -0.3 is 14.4 Å². The van der Waals surface area contributed by atoms with Crippen LogP contribution >= 0.6 is 0 Å². The maximum atomic E-state index is 12.8. The molecule has 5 nitrogen and oxygen atoms in total. The molecule has 1 aromatic rings. The predicted octanol–water partition coefficient (Wildman–Crippen LogP) is 2.55. The first kappa shape index (κ1) is 16.7. The van der Waals surface area contributed by atoms with Crippen LogP contribution in [0.1, 0.15) is 32.6 Å². The van der Waals surface area contributed by atoms with Gasteiger partial charge in [-0.3, -0.25) is 9.69 Å². The minimum atomic E-state index is -0.183. The van der Waals surface area contributed by atoms with Crippen LogP contribution < -0.4 is 9.47 Å². The fourth-order valence-corrected chi connectivity index (χ4v) is 4.19. The summed E-state index contributed by atoms with van der Waals surface area (Å²) in [7, 11) is 0. The second kappa shape index (κ2) is 6.87. The van der Waals surface area contributed by atoms with E-state index in [1.165, 1.54) is 0 Å². The van der Waals surface area contributed by atoms with Crippen LogP contribution in [0.4, 0.5) is 0 Å². The molecular formula is C20H28N2O3. The minimum Gasteiger partial charge on any atom is -0.486 e. The molecule has 1 amide bonds. The Hall–Kier alpha value is -1.75. The zero-order chi connectivity index (χ0) is 17.3. The lowest BCUT2D eigenvalue weighted by atomic mass is 9.79. The zero-order valence-electron chi connectivity index (χ0n) is 15.1. The van der Waals surface area contributed by atoms with E-state index in [0.717, 1.165) is 69.9 Å². The van der Waals surface area contributed by atoms with E-state index in [1.54, 1.807) is 0 Å². The Morgan fingerprint density at radius 3 is 2.52 bits per heavy atom. The average molecular weight is 344 g/mol. The Kier molecular flexibility index (Phi) is 4.59. The lowest BCUT2D eigenvalue weighted by Gasteiger charge is -2.41. The number of rotatable bonds is 3. The normalized spacial score (nSPS) is 25.8. The molecule has 25 heavy (non-hydrogen) atoms. The largest absolute Gasteiger partial charge is 0.486 e. The number of benzene rings is 1. The van der Waals surface area contributed by atoms with E-state index in [0.29, 0.717) is 12.5 Å². The molecule has 0 spiro atoms. The van der Waals surface area contributed by atoms with Crippen molar-refractivity contribution in [2.45, 2.75) is 38.7 Å². The van der Waals surface area contributed by atoms with Gasteiger partial charge in [-0.05, 0) is 50.9 Å². The van der Waals surface area contributed by atoms with E-state index in [-0.39, 0.29) is 11.5 Å². The Morgan fingerprint density at radius 2 is 1.80 bits per heavy atom. The molecule has 0 aliphatic carbocycles. The molecule has 136 valence electrons. The second-order valence-electron chi connectivity index (χ2n) is 7.86. The number of nitrogens with zero attached hydrogens (tertiary/aromatic N) is 2. The van der Waals surface area contributed by atoms with Gasteiger partial charge in [-0.15, -0.1) is 0 Å². The van der Waals surface area contributed by atoms with Crippen molar-refractivity contribution in [1.82, 2.24) is 9.80 Å². The van der Waals surface area contributed by atoms with Crippen LogP contribution in [0.15, 0.2) is 24.3 Å². The molecule has 0 N–H and O–H groups in total. The van der Waals surface area contributed by atoms with Crippen molar-refractivity contribution in [2.75, 3.05) is 39.3 Å². The Bertz CT molecular complexity index is 619. The SMILES string of the molecule is CC1(C(=O)N2CCCC2)CCN(C[C@H]2COc3ccccc3O2)CC1. The van der Waals surface area contributed by atoms with E-state index in [9.17, 15) is 4.79 Å². The van der Waals surface area contributed by atoms with Crippen LogP contribution in [0, 0.1) is 5.41 Å². The smallest absolute Gasteiger partial charge is 0.228 e. The Balaban J connectivity index is 1.30. The summed E-state index contributed by atoms with van der Waals surface area (Å²) in [5, 5.41) is 0. The van der Waals surface area contributed by atoms with Crippen molar-refractivity contribution in [1.29, 1.82) is 0 Å². The molecule has 0 radical (unpaired) electrons. The van der Waals surface area contributed by atoms with E-state index >= 15 is 0 Å². The van der Waals surface area contributed by atoms with Crippen LogP contribution in [0.2, 0.25) is 0 Å². The molecular weight excluding hydrogens is 316 g/mol. The van der Waals surface area contributed by atoms with Gasteiger partial charge in [0, 0.05) is 25.0 Å². The van der Waals surface area contributed by atoms with Gasteiger partial charge in [0.15, 0.2) is 11.5 Å². The first-order chi connectivity index (χ1) is 12.1. The van der Waals surface area contributed by atoms with Crippen molar-refractivity contribution in [2.24, 2.45) is 5.41 Å². The van der Waals surface area contributed by atoms with Gasteiger partial charge >= 0.3 is 0 Å². The third-order valence-electron chi connectivity index (χ3n) is 5.90. The number of hydrogen-bond donors (Lipinski definition) is 0. The second-order valence-corrected chi connectivity index (χ2v) is 7.86. The zero-order valence-corrected chi connectivity index (χ0v) is 15.1. The average Bonchev–Trinajstić information content (AvgIpc) is 3.18. The number of fused-ring (bicyclic) bond motifs is 1. The van der Waals surface area contributed by atoms with Crippen LogP contribution in [0.3, 0.4) is 0 Å². The van der Waals surface area contributed by atoms with Crippen LogP contribution in [0.25, 0.3) is 0 Å². The van der Waals surface area contributed by atoms with Crippen molar-refractivity contribution in [3.05, 3.63) is 24.3 Å². The van der Waals surface area contributed by atoms with Gasteiger partial charge in [0.2, 0.25) is 5.91 Å². The third kappa shape index (κ3) is 3.47. The molecule has 3 aliphatic heterocycles. The first-order valence-corrected chi connectivity index (χ1v) is 9.54. The Morgan fingerprint density at radius 1 is 1.12 bits per heavy atom. The number of amides is 1. The molecule has 2 saturated heterocycles. The number of ether oxygens (including phenoxy) is 2. The van der Waals surface area contributed by atoms with Crippen LogP contribution in [-0.2, 0) is 4.79 Å². The number of carbonyl (C=O) groups excluding carboxylic acids is 1. The van der Waals surface area contributed by atoms with Crippen molar-refractivity contribution >= 4 is 5.91 Å². The van der Waals surface area contributed by atoms with Gasteiger partial charge in [0.25, 0.3) is 0 Å². The lowest BCUT2D eigenvalue weighted by Crippen LogP contribution is -2.50. The molecule has 3 aliphatic rings. The fraction of sp³-hybridized carbons (Fsp3) is 0.650. The van der Waals surface area contributed by atoms with Crippen molar-refractivity contribution in [3.63, 3.8) is 0 Å². The first-order valence-electron chi connectivity index (χ1n) is 9.54. The number of piperidine rings is 1. The Labute approximate surface area is 149 Å². The van der Waals surface area contributed by atoms with E-state index in [2.05, 4.69) is 16.7 Å². The monoisotopic (exact) mass is 344 g/mol. The summed E-state index contributed by atoms with van der Waals surface area (Å²) in [5.41, 5.74) is -0.183. The number of likely N-dealkylation sites (tertiary alicyclic amines) is 2. The van der Waals surface area contributed by atoms with Crippen LogP contribution in [-0.4, -0.2) is 61.1 Å². The molecule has 0 saturated carbocycles. The molecule has 0 aromatic heterocycles. The molecule has 1 aromatic carbocycles. The third-order valence-corrected chi connectivity index (χ3v) is 5.90. The molecule has 0 unspecified atom stereocenters. The van der Waals surface area contributed by atoms with Crippen molar-refractivity contribution < 1.29 is 14.3 Å². The molecule has 3 heterocycles. The summed E-state index contributed by atoms with van der Waals surface area (Å²) in [6.45, 7) is 7.42. The molecule has 2 fully saturated rings. The van der Waals surface area contributed by atoms with E-state index in [1.807, 2.05) is 24.3 Å². The summed E-state index contributed by atoms with van der Waals surface area (Å²) in [6.07, 6.45) is 4.26. The molecule has 5 heteroatoms. The van der Waals surface area contributed by atoms with Crippen LogP contribution in [0.5, 0.6) is 11.5 Å². The highest BCUT2D eigenvalue weighted by Crippen LogP contribution is 2.35. The molecule has 4 rings (SSSR count). The summed E-state index contributed by atoms with van der Waals surface area (Å²) < 4.78 is 11.9. The summed E-state index contributed by atoms with van der Waals surface area (Å²) >= 11 is 0. The number of hydrogen-bond acceptors (Lipinski definition) is 4. The summed E-state index contributed by atoms with van der Waals surface area (Å²) in [5.74, 6) is 2.04. The van der Waals surface area contributed by atoms with Gasteiger partial charge in [0.1, 0.15) is 12.7 Å². The number of para-hydroxylation sites is 2. The highest BCUT2D eigenvalue weighted by molar-refractivity contribution is 5.82. The van der Waals surface area contributed by atoms with E-state index < -0.39 is 0 Å². The highest BCUT2D eigenvalue weighted by atomic mass is 16.6. The fourth-order valence-electron chi connectivity index (χ4n) is 4.19. The van der Waals surface area contributed by atoms with Crippen molar-refractivity contribution in [3.8, 4) is 11.5 Å². The maximum Gasteiger partial charge on any atom is 0.228 e. The minimum absolute atomic E-state index is 0.0635. The summed E-state index contributed by atoms with van der Waals surface area (Å²) in [4.78, 5) is 17.3. The van der Waals surface area contributed by atoms with Gasteiger partial charge in [0.05, 0.1) is 0 Å². The standard InChI is InChI=1S/C20H28N2O3/c1-20(19(23)22-10-4-5-11-22)8-12-21(13-9-20)14-16-15-24-17-6-2-3-7-18(17)25-16/h2-3,6-7,16H,4-5,8-15H2,1H3/t16-/m0/s1. The topological polar surface area (TPSA) is 42.0 Å². The predicted molar refractivity (Wildman–Crippen MR) is 95.9 cm³/mol. The van der Waals surface area contributed by atoms with Gasteiger partial charge in [-0.25, -0.2) is 0 Å². The highest BCUT2D eigenvalue weighted by Gasteiger charge is 2.40. The lowest BCUT2D eigenvalue weighted by molar-refractivity contribution is -0.143. The maximum absolute atomic E-state index is 12.8. The van der Waals surface area contributed by atoms with E-state index in [4.69, 9.17) is 9.47 Å². The summed E-state index contributed by atoms with van der Waals surface area (Å²) in [6, 6.07) is 7.84. The molecule has 1 atom stereocenters. The number of carbonyl (C=O) groups is 1. The quantitative estimate of drug-likeness (QED) is 0.845.